The Hall–Kier alpha value is -3.65. The highest BCUT2D eigenvalue weighted by Crippen LogP contribution is 2.34. The van der Waals surface area contributed by atoms with E-state index in [-0.39, 0.29) is 0 Å². The summed E-state index contributed by atoms with van der Waals surface area (Å²) in [5, 5.41) is 0. The van der Waals surface area contributed by atoms with Crippen LogP contribution in [0.15, 0.2) is 103 Å². The van der Waals surface area contributed by atoms with Crippen molar-refractivity contribution in [3.05, 3.63) is 109 Å². The molecule has 0 radical (unpaired) electrons. The summed E-state index contributed by atoms with van der Waals surface area (Å²) in [6, 6.07) is 35.9. The molecule has 0 aliphatic carbocycles. The number of rotatable bonds is 3. The minimum atomic E-state index is 0.975. The standard InChI is InChI=1S/C26H20N2/c1-19-11-5-6-14-21(19)26-27-23-16-8-10-18-25(23)28(26)24-17-9-7-15-22(24)20-12-3-2-4-13-20/h2-18H,1H3. The van der Waals surface area contributed by atoms with Crippen LogP contribution in [0, 0.1) is 6.92 Å². The van der Waals surface area contributed by atoms with E-state index in [9.17, 15) is 0 Å². The van der Waals surface area contributed by atoms with Gasteiger partial charge in [-0.2, -0.15) is 0 Å². The number of aromatic nitrogens is 2. The minimum Gasteiger partial charge on any atom is -0.292 e. The second kappa shape index (κ2) is 6.82. The van der Waals surface area contributed by atoms with E-state index in [1.807, 2.05) is 6.07 Å². The van der Waals surface area contributed by atoms with Crippen LogP contribution in [0.2, 0.25) is 0 Å². The molecule has 0 atom stereocenters. The third kappa shape index (κ3) is 2.71. The Morgan fingerprint density at radius 3 is 2.07 bits per heavy atom. The van der Waals surface area contributed by atoms with Crippen molar-refractivity contribution in [1.82, 2.24) is 9.55 Å². The molecule has 2 nitrogen and oxygen atoms in total. The molecule has 0 amide bonds. The minimum absolute atomic E-state index is 0.975. The molecule has 134 valence electrons. The monoisotopic (exact) mass is 360 g/mol. The molecule has 0 saturated heterocycles. The molecule has 5 aromatic rings. The molecule has 5 rings (SSSR count). The van der Waals surface area contributed by atoms with E-state index < -0.39 is 0 Å². The van der Waals surface area contributed by atoms with Crippen LogP contribution in [-0.2, 0) is 0 Å². The fourth-order valence-corrected chi connectivity index (χ4v) is 3.80. The van der Waals surface area contributed by atoms with Crippen molar-refractivity contribution in [2.75, 3.05) is 0 Å². The predicted octanol–water partition coefficient (Wildman–Crippen LogP) is 6.67. The van der Waals surface area contributed by atoms with Crippen molar-refractivity contribution < 1.29 is 0 Å². The lowest BCUT2D eigenvalue weighted by atomic mass is 10.0. The SMILES string of the molecule is Cc1ccccc1-c1nc2ccccc2n1-c1ccccc1-c1ccccc1. The maximum atomic E-state index is 5.02. The van der Waals surface area contributed by atoms with Crippen LogP contribution in [0.1, 0.15) is 5.56 Å². The molecule has 0 N–H and O–H groups in total. The van der Waals surface area contributed by atoms with E-state index in [4.69, 9.17) is 4.98 Å². The summed E-state index contributed by atoms with van der Waals surface area (Å²) >= 11 is 0. The van der Waals surface area contributed by atoms with Crippen molar-refractivity contribution in [2.24, 2.45) is 0 Å². The van der Waals surface area contributed by atoms with E-state index >= 15 is 0 Å². The van der Waals surface area contributed by atoms with E-state index in [1.165, 1.54) is 16.7 Å². The second-order valence-corrected chi connectivity index (χ2v) is 6.96. The Morgan fingerprint density at radius 2 is 1.25 bits per heavy atom. The lowest BCUT2D eigenvalue weighted by molar-refractivity contribution is 1.10. The van der Waals surface area contributed by atoms with Gasteiger partial charge in [0.25, 0.3) is 0 Å². The van der Waals surface area contributed by atoms with Gasteiger partial charge < -0.3 is 0 Å². The molecule has 28 heavy (non-hydrogen) atoms. The molecular weight excluding hydrogens is 340 g/mol. The number of fused-ring (bicyclic) bond motifs is 1. The molecule has 1 heterocycles. The van der Waals surface area contributed by atoms with Gasteiger partial charge in [-0.15, -0.1) is 0 Å². The number of hydrogen-bond acceptors (Lipinski definition) is 1. The molecule has 4 aromatic carbocycles. The zero-order chi connectivity index (χ0) is 18.9. The zero-order valence-electron chi connectivity index (χ0n) is 15.7. The first-order valence-corrected chi connectivity index (χ1v) is 9.51. The van der Waals surface area contributed by atoms with Gasteiger partial charge in [-0.1, -0.05) is 84.9 Å². The van der Waals surface area contributed by atoms with Crippen molar-refractivity contribution in [3.63, 3.8) is 0 Å². The Labute approximate surface area is 164 Å². The lowest BCUT2D eigenvalue weighted by Crippen LogP contribution is -2.01. The molecule has 0 saturated carbocycles. The quantitative estimate of drug-likeness (QED) is 0.351. The first kappa shape index (κ1) is 16.5. The number of nitrogens with zero attached hydrogens (tertiary/aromatic N) is 2. The van der Waals surface area contributed by atoms with Crippen molar-refractivity contribution in [3.8, 4) is 28.2 Å². The highest BCUT2D eigenvalue weighted by molar-refractivity contribution is 5.86. The van der Waals surface area contributed by atoms with Crippen LogP contribution >= 0.6 is 0 Å². The van der Waals surface area contributed by atoms with Crippen molar-refractivity contribution in [1.29, 1.82) is 0 Å². The zero-order valence-corrected chi connectivity index (χ0v) is 15.7. The van der Waals surface area contributed by atoms with Gasteiger partial charge >= 0.3 is 0 Å². The Balaban J connectivity index is 1.86. The Bertz CT molecular complexity index is 1270. The van der Waals surface area contributed by atoms with Crippen molar-refractivity contribution >= 4 is 11.0 Å². The van der Waals surface area contributed by atoms with Crippen LogP contribution < -0.4 is 0 Å². The van der Waals surface area contributed by atoms with Crippen LogP contribution in [0.3, 0.4) is 0 Å². The fourth-order valence-electron chi connectivity index (χ4n) is 3.80. The summed E-state index contributed by atoms with van der Waals surface area (Å²) in [6.07, 6.45) is 0. The third-order valence-corrected chi connectivity index (χ3v) is 5.18. The van der Waals surface area contributed by atoms with E-state index in [2.05, 4.69) is 109 Å². The van der Waals surface area contributed by atoms with E-state index in [1.54, 1.807) is 0 Å². The third-order valence-electron chi connectivity index (χ3n) is 5.18. The topological polar surface area (TPSA) is 17.8 Å². The predicted molar refractivity (Wildman–Crippen MR) is 117 cm³/mol. The van der Waals surface area contributed by atoms with Gasteiger partial charge in [-0.25, -0.2) is 4.98 Å². The number of benzene rings is 4. The van der Waals surface area contributed by atoms with E-state index in [0.29, 0.717) is 0 Å². The maximum Gasteiger partial charge on any atom is 0.146 e. The fraction of sp³-hybridized carbons (Fsp3) is 0.0385. The van der Waals surface area contributed by atoms with Gasteiger partial charge in [0.1, 0.15) is 5.82 Å². The average molecular weight is 360 g/mol. The van der Waals surface area contributed by atoms with Gasteiger partial charge in [-0.05, 0) is 36.2 Å². The molecule has 1 aromatic heterocycles. The van der Waals surface area contributed by atoms with Gasteiger partial charge in [0.15, 0.2) is 0 Å². The normalized spacial score (nSPS) is 11.0. The summed E-state index contributed by atoms with van der Waals surface area (Å²) in [5.74, 6) is 0.975. The first-order chi connectivity index (χ1) is 13.8. The maximum absolute atomic E-state index is 5.02. The summed E-state index contributed by atoms with van der Waals surface area (Å²) in [5.41, 5.74) is 8.03. The van der Waals surface area contributed by atoms with Crippen LogP contribution in [0.5, 0.6) is 0 Å². The number of aryl methyl sites for hydroxylation is 1. The van der Waals surface area contributed by atoms with Gasteiger partial charge in [0, 0.05) is 11.1 Å². The Kier molecular flexibility index (Phi) is 4.02. The molecule has 0 unspecified atom stereocenters. The average Bonchev–Trinajstić information content (AvgIpc) is 3.14. The summed E-state index contributed by atoms with van der Waals surface area (Å²) < 4.78 is 2.29. The molecule has 0 fully saturated rings. The highest BCUT2D eigenvalue weighted by atomic mass is 15.1. The second-order valence-electron chi connectivity index (χ2n) is 6.96. The van der Waals surface area contributed by atoms with Crippen LogP contribution in [-0.4, -0.2) is 9.55 Å². The number of imidazole rings is 1. The van der Waals surface area contributed by atoms with Crippen LogP contribution in [0.25, 0.3) is 39.2 Å². The molecule has 0 aliphatic heterocycles. The summed E-state index contributed by atoms with van der Waals surface area (Å²) in [7, 11) is 0. The number of hydrogen-bond donors (Lipinski definition) is 0. The molecular formula is C26H20N2. The van der Waals surface area contributed by atoms with Crippen molar-refractivity contribution in [2.45, 2.75) is 6.92 Å². The van der Waals surface area contributed by atoms with E-state index in [0.717, 1.165) is 28.1 Å². The smallest absolute Gasteiger partial charge is 0.146 e. The number of para-hydroxylation sites is 3. The van der Waals surface area contributed by atoms with Gasteiger partial charge in [0.05, 0.1) is 16.7 Å². The molecule has 2 heteroatoms. The molecule has 0 aliphatic rings. The largest absolute Gasteiger partial charge is 0.292 e. The van der Waals surface area contributed by atoms with Gasteiger partial charge in [0.2, 0.25) is 0 Å². The Morgan fingerprint density at radius 1 is 0.607 bits per heavy atom. The molecule has 0 spiro atoms. The summed E-state index contributed by atoms with van der Waals surface area (Å²) in [4.78, 5) is 5.02. The highest BCUT2D eigenvalue weighted by Gasteiger charge is 2.17. The van der Waals surface area contributed by atoms with Crippen LogP contribution in [0.4, 0.5) is 0 Å². The summed E-state index contributed by atoms with van der Waals surface area (Å²) in [6.45, 7) is 2.14. The molecule has 0 bridgehead atoms. The van der Waals surface area contributed by atoms with Gasteiger partial charge in [-0.3, -0.25) is 4.57 Å². The lowest BCUT2D eigenvalue weighted by Gasteiger charge is -2.15. The first-order valence-electron chi connectivity index (χ1n) is 9.51.